The van der Waals surface area contributed by atoms with Crippen LogP contribution in [0.2, 0.25) is 0 Å². The molecule has 59 heavy (non-hydrogen) atoms. The molecule has 0 saturated carbocycles. The van der Waals surface area contributed by atoms with Crippen LogP contribution >= 0.6 is 11.3 Å². The van der Waals surface area contributed by atoms with Gasteiger partial charge in [0.2, 0.25) is 0 Å². The Labute approximate surface area is 341 Å². The Bertz CT molecular complexity index is 3740. The highest BCUT2D eigenvalue weighted by molar-refractivity contribution is 7.26. The number of aromatic nitrogens is 3. The predicted molar refractivity (Wildman–Crippen MR) is 248 cm³/mol. The summed E-state index contributed by atoms with van der Waals surface area (Å²) in [6, 6.07) is 67.1. The van der Waals surface area contributed by atoms with Crippen LogP contribution in [-0.4, -0.2) is 14.5 Å². The maximum Gasteiger partial charge on any atom is 0.161 e. The van der Waals surface area contributed by atoms with E-state index in [4.69, 9.17) is 14.4 Å². The van der Waals surface area contributed by atoms with Crippen molar-refractivity contribution in [3.8, 4) is 39.5 Å². The third kappa shape index (κ3) is 4.83. The molecule has 0 atom stereocenters. The fourth-order valence-corrected chi connectivity index (χ4v) is 10.5. The van der Waals surface area contributed by atoms with Gasteiger partial charge in [-0.15, -0.1) is 11.3 Å². The Balaban J connectivity index is 1.06. The molecule has 4 aromatic heterocycles. The molecule has 0 saturated heterocycles. The first kappa shape index (κ1) is 32.5. The Morgan fingerprint density at radius 1 is 0.441 bits per heavy atom. The number of benzene rings is 9. The smallest absolute Gasteiger partial charge is 0.161 e. The van der Waals surface area contributed by atoms with Crippen LogP contribution in [0.4, 0.5) is 0 Å². The lowest BCUT2D eigenvalue weighted by Crippen LogP contribution is -1.95. The van der Waals surface area contributed by atoms with Crippen molar-refractivity contribution in [1.29, 1.82) is 0 Å². The van der Waals surface area contributed by atoms with Gasteiger partial charge in [-0.25, -0.2) is 9.97 Å². The fraction of sp³-hybridized carbons (Fsp3) is 0. The summed E-state index contributed by atoms with van der Waals surface area (Å²) in [5, 5.41) is 10.7. The molecule has 0 aliphatic carbocycles. The minimum absolute atomic E-state index is 0.677. The minimum atomic E-state index is 0.677. The molecule has 0 amide bonds. The number of hydrogen-bond acceptors (Lipinski definition) is 4. The van der Waals surface area contributed by atoms with Crippen molar-refractivity contribution in [1.82, 2.24) is 14.5 Å². The van der Waals surface area contributed by atoms with Crippen LogP contribution in [0.5, 0.6) is 0 Å². The molecular formula is C54H31N3OS. The lowest BCUT2D eigenvalue weighted by molar-refractivity contribution is 0.669. The van der Waals surface area contributed by atoms with E-state index in [0.29, 0.717) is 5.82 Å². The van der Waals surface area contributed by atoms with Gasteiger partial charge in [0.25, 0.3) is 0 Å². The molecule has 9 aromatic carbocycles. The molecule has 0 aliphatic heterocycles. The second kappa shape index (κ2) is 12.4. The quantitative estimate of drug-likeness (QED) is 0.179. The summed E-state index contributed by atoms with van der Waals surface area (Å²) in [4.78, 5) is 10.8. The van der Waals surface area contributed by atoms with Crippen LogP contribution in [0, 0.1) is 0 Å². The first-order chi connectivity index (χ1) is 29.2. The molecule has 0 unspecified atom stereocenters. The van der Waals surface area contributed by atoms with E-state index in [1.165, 1.54) is 59.2 Å². The molecule has 5 heteroatoms. The average molecular weight is 770 g/mol. The average Bonchev–Trinajstić information content (AvgIpc) is 3.99. The Kier molecular flexibility index (Phi) is 6.85. The van der Waals surface area contributed by atoms with Crippen LogP contribution in [0.25, 0.3) is 125 Å². The van der Waals surface area contributed by atoms with Crippen molar-refractivity contribution in [3.05, 3.63) is 188 Å². The Hall–Kier alpha value is -7.60. The number of nitrogens with zero attached hydrogens (tertiary/aromatic N) is 3. The van der Waals surface area contributed by atoms with Crippen molar-refractivity contribution in [2.45, 2.75) is 0 Å². The molecule has 0 aliphatic rings. The summed E-state index contributed by atoms with van der Waals surface area (Å²) in [5.74, 6) is 0.677. The first-order valence-electron chi connectivity index (χ1n) is 19.9. The van der Waals surface area contributed by atoms with Gasteiger partial charge in [-0.2, -0.15) is 0 Å². The van der Waals surface area contributed by atoms with Crippen LogP contribution in [0.3, 0.4) is 0 Å². The van der Waals surface area contributed by atoms with Crippen molar-refractivity contribution in [3.63, 3.8) is 0 Å². The number of furan rings is 1. The van der Waals surface area contributed by atoms with Gasteiger partial charge in [0, 0.05) is 48.4 Å². The second-order valence-corrected chi connectivity index (χ2v) is 16.3. The van der Waals surface area contributed by atoms with Gasteiger partial charge in [0.15, 0.2) is 5.82 Å². The van der Waals surface area contributed by atoms with Gasteiger partial charge in [-0.05, 0) is 75.1 Å². The van der Waals surface area contributed by atoms with Gasteiger partial charge in [0.05, 0.1) is 26.9 Å². The number of rotatable bonds is 4. The van der Waals surface area contributed by atoms with Gasteiger partial charge in [-0.3, -0.25) is 0 Å². The molecule has 0 N–H and O–H groups in total. The van der Waals surface area contributed by atoms with E-state index in [2.05, 4.69) is 193 Å². The minimum Gasteiger partial charge on any atom is -0.456 e. The zero-order valence-corrected chi connectivity index (χ0v) is 32.4. The Morgan fingerprint density at radius 3 is 1.83 bits per heavy atom. The summed E-state index contributed by atoms with van der Waals surface area (Å²) in [5.41, 5.74) is 11.3. The largest absolute Gasteiger partial charge is 0.456 e. The van der Waals surface area contributed by atoms with Crippen LogP contribution in [0.1, 0.15) is 0 Å². The van der Waals surface area contributed by atoms with E-state index in [-0.39, 0.29) is 0 Å². The van der Waals surface area contributed by atoms with Crippen molar-refractivity contribution >= 4 is 96.9 Å². The maximum absolute atomic E-state index is 6.63. The molecule has 0 bridgehead atoms. The van der Waals surface area contributed by atoms with E-state index in [1.807, 2.05) is 0 Å². The van der Waals surface area contributed by atoms with Crippen molar-refractivity contribution in [2.75, 3.05) is 0 Å². The van der Waals surface area contributed by atoms with Gasteiger partial charge < -0.3 is 8.98 Å². The van der Waals surface area contributed by atoms with E-state index in [0.717, 1.165) is 60.0 Å². The first-order valence-corrected chi connectivity index (χ1v) is 20.7. The normalized spacial score (nSPS) is 12.1. The topological polar surface area (TPSA) is 43.9 Å². The van der Waals surface area contributed by atoms with E-state index >= 15 is 0 Å². The van der Waals surface area contributed by atoms with E-state index in [1.54, 1.807) is 11.3 Å². The van der Waals surface area contributed by atoms with Crippen molar-refractivity contribution in [2.24, 2.45) is 0 Å². The highest BCUT2D eigenvalue weighted by Gasteiger charge is 2.22. The molecule has 13 aromatic rings. The molecular weight excluding hydrogens is 739 g/mol. The lowest BCUT2D eigenvalue weighted by atomic mass is 10.00. The highest BCUT2D eigenvalue weighted by atomic mass is 32.1. The second-order valence-electron chi connectivity index (χ2n) is 15.3. The van der Waals surface area contributed by atoms with Crippen LogP contribution < -0.4 is 0 Å². The summed E-state index contributed by atoms with van der Waals surface area (Å²) in [7, 11) is 0. The number of fused-ring (bicyclic) bond motifs is 13. The predicted octanol–water partition coefficient (Wildman–Crippen LogP) is 15.1. The summed E-state index contributed by atoms with van der Waals surface area (Å²) in [6.07, 6.45) is 0. The summed E-state index contributed by atoms with van der Waals surface area (Å²) in [6.45, 7) is 0. The third-order valence-electron chi connectivity index (χ3n) is 12.0. The Morgan fingerprint density at radius 2 is 1.08 bits per heavy atom. The number of thiophene rings is 1. The zero-order valence-electron chi connectivity index (χ0n) is 31.6. The van der Waals surface area contributed by atoms with Gasteiger partial charge in [0.1, 0.15) is 11.2 Å². The van der Waals surface area contributed by atoms with Crippen molar-refractivity contribution < 1.29 is 4.42 Å². The molecule has 4 nitrogen and oxygen atoms in total. The summed E-state index contributed by atoms with van der Waals surface area (Å²) < 4.78 is 11.3. The zero-order chi connectivity index (χ0) is 38.6. The standard InChI is InChI=1S/C54H31N3OS/c1-2-11-32(12-3-1)33-21-23-36(24-22-33)51-53-52(40-17-8-9-20-47(40)59-53)56-54(55-51)41-18-10-19-46-48(41)42-31-37(27-30-45(42)58-46)57-43-28-25-34-13-4-6-15-38(34)49(43)50-39-16-7-5-14-35(39)26-29-44(50)57/h1-31H. The molecule has 13 rings (SSSR count). The van der Waals surface area contributed by atoms with E-state index < -0.39 is 0 Å². The summed E-state index contributed by atoms with van der Waals surface area (Å²) >= 11 is 1.75. The van der Waals surface area contributed by atoms with Crippen LogP contribution in [0.15, 0.2) is 192 Å². The monoisotopic (exact) mass is 769 g/mol. The molecule has 4 heterocycles. The maximum atomic E-state index is 6.63. The van der Waals surface area contributed by atoms with Gasteiger partial charge in [-0.1, -0.05) is 146 Å². The SMILES string of the molecule is c1ccc(-c2ccc(-c3nc(-c4cccc5oc6ccc(-n7c8ccc9ccccc9c8c8c9ccccc9ccc87)cc6c45)nc4c3sc3ccccc34)cc2)cc1. The van der Waals surface area contributed by atoms with Crippen LogP contribution in [-0.2, 0) is 0 Å². The number of hydrogen-bond donors (Lipinski definition) is 0. The fourth-order valence-electron chi connectivity index (χ4n) is 9.32. The molecule has 274 valence electrons. The lowest BCUT2D eigenvalue weighted by Gasteiger charge is -2.10. The molecule has 0 fully saturated rings. The molecule has 0 radical (unpaired) electrons. The molecule has 0 spiro atoms. The van der Waals surface area contributed by atoms with E-state index in [9.17, 15) is 0 Å². The highest BCUT2D eigenvalue weighted by Crippen LogP contribution is 2.44. The third-order valence-corrected chi connectivity index (χ3v) is 13.2. The van der Waals surface area contributed by atoms with Gasteiger partial charge >= 0.3 is 0 Å².